The molecule has 0 bridgehead atoms. The maximum absolute atomic E-state index is 11.9. The van der Waals surface area contributed by atoms with Crippen LogP contribution in [0.5, 0.6) is 0 Å². The second-order valence-electron chi connectivity index (χ2n) is 4.08. The largest absolute Gasteiger partial charge is 0.383 e. The zero-order valence-corrected chi connectivity index (χ0v) is 10.5. The van der Waals surface area contributed by atoms with E-state index in [1.165, 1.54) is 12.1 Å². The molecular weight excluding hydrogens is 258 g/mol. The van der Waals surface area contributed by atoms with Crippen LogP contribution >= 0.6 is 0 Å². The molecule has 2 N–H and O–H groups in total. The van der Waals surface area contributed by atoms with Crippen molar-refractivity contribution in [2.24, 2.45) is 0 Å². The summed E-state index contributed by atoms with van der Waals surface area (Å²) in [6.45, 7) is 0. The lowest BCUT2D eigenvalue weighted by molar-refractivity contribution is -0.384. The number of rotatable bonds is 5. The Balaban J connectivity index is 2.39. The van der Waals surface area contributed by atoms with Crippen LogP contribution in [0, 0.1) is 10.1 Å². The average Bonchev–Trinajstić information content (AvgIpc) is 3.11. The van der Waals surface area contributed by atoms with Gasteiger partial charge in [-0.15, -0.1) is 0 Å². The van der Waals surface area contributed by atoms with Crippen molar-refractivity contribution < 1.29 is 13.3 Å². The first-order chi connectivity index (χ1) is 8.44. The van der Waals surface area contributed by atoms with Gasteiger partial charge in [0, 0.05) is 19.2 Å². The van der Waals surface area contributed by atoms with Crippen molar-refractivity contribution in [1.29, 1.82) is 0 Å². The van der Waals surface area contributed by atoms with E-state index in [0.717, 1.165) is 18.9 Å². The molecule has 0 spiro atoms. The van der Waals surface area contributed by atoms with Crippen LogP contribution in [0.15, 0.2) is 23.1 Å². The third-order valence-corrected chi connectivity index (χ3v) is 4.16. The molecule has 1 aliphatic carbocycles. The minimum Gasteiger partial charge on any atom is -0.383 e. The first kappa shape index (κ1) is 12.8. The highest BCUT2D eigenvalue weighted by molar-refractivity contribution is 7.89. The van der Waals surface area contributed by atoms with Crippen molar-refractivity contribution in [3.63, 3.8) is 0 Å². The molecule has 1 fully saturated rings. The molecule has 2 rings (SSSR count). The summed E-state index contributed by atoms with van der Waals surface area (Å²) >= 11 is 0. The van der Waals surface area contributed by atoms with Crippen molar-refractivity contribution in [3.8, 4) is 0 Å². The van der Waals surface area contributed by atoms with Crippen LogP contribution in [0.25, 0.3) is 0 Å². The molecule has 7 nitrogen and oxygen atoms in total. The first-order valence-electron chi connectivity index (χ1n) is 5.42. The Morgan fingerprint density at radius 3 is 2.56 bits per heavy atom. The SMILES string of the molecule is CNc1ccc(S(=O)(=O)NC2CC2)cc1[N+](=O)[O-]. The first-order valence-corrected chi connectivity index (χ1v) is 6.91. The molecule has 1 saturated carbocycles. The molecule has 98 valence electrons. The number of benzene rings is 1. The Morgan fingerprint density at radius 2 is 2.06 bits per heavy atom. The summed E-state index contributed by atoms with van der Waals surface area (Å²) in [6, 6.07) is 3.78. The van der Waals surface area contributed by atoms with E-state index in [4.69, 9.17) is 0 Å². The zero-order valence-electron chi connectivity index (χ0n) is 9.71. The van der Waals surface area contributed by atoms with Crippen LogP contribution in [-0.2, 0) is 10.0 Å². The Labute approximate surface area is 104 Å². The Hall–Kier alpha value is -1.67. The van der Waals surface area contributed by atoms with E-state index in [1.807, 2.05) is 0 Å². The van der Waals surface area contributed by atoms with Crippen LogP contribution in [0.1, 0.15) is 12.8 Å². The fourth-order valence-corrected chi connectivity index (χ4v) is 2.85. The van der Waals surface area contributed by atoms with Gasteiger partial charge in [-0.2, -0.15) is 0 Å². The second-order valence-corrected chi connectivity index (χ2v) is 5.80. The van der Waals surface area contributed by atoms with E-state index in [0.29, 0.717) is 0 Å². The molecule has 0 atom stereocenters. The molecule has 1 aliphatic rings. The average molecular weight is 271 g/mol. The fourth-order valence-electron chi connectivity index (χ4n) is 1.53. The molecule has 0 saturated heterocycles. The molecule has 1 aromatic rings. The molecule has 0 aromatic heterocycles. The molecule has 0 amide bonds. The molecule has 0 unspecified atom stereocenters. The molecule has 8 heteroatoms. The van der Waals surface area contributed by atoms with Gasteiger partial charge in [0.05, 0.1) is 9.82 Å². The number of nitrogens with one attached hydrogen (secondary N) is 2. The highest BCUT2D eigenvalue weighted by Gasteiger charge is 2.29. The minimum atomic E-state index is -3.66. The Kier molecular flexibility index (Phi) is 3.22. The number of nitro groups is 1. The molecule has 0 heterocycles. The van der Waals surface area contributed by atoms with Crippen molar-refractivity contribution in [1.82, 2.24) is 4.72 Å². The van der Waals surface area contributed by atoms with Gasteiger partial charge in [0.1, 0.15) is 5.69 Å². The summed E-state index contributed by atoms with van der Waals surface area (Å²) in [4.78, 5) is 10.2. The van der Waals surface area contributed by atoms with E-state index in [1.54, 1.807) is 7.05 Å². The maximum atomic E-state index is 11.9. The van der Waals surface area contributed by atoms with E-state index < -0.39 is 14.9 Å². The van der Waals surface area contributed by atoms with Gasteiger partial charge in [0.15, 0.2) is 0 Å². The Morgan fingerprint density at radius 1 is 1.39 bits per heavy atom. The summed E-state index contributed by atoms with van der Waals surface area (Å²) in [5.41, 5.74) is 0.0292. The summed E-state index contributed by atoms with van der Waals surface area (Å²) in [7, 11) is -2.12. The van der Waals surface area contributed by atoms with Crippen LogP contribution in [-0.4, -0.2) is 26.4 Å². The molecule has 0 aliphatic heterocycles. The molecular formula is C10H13N3O4S. The van der Waals surface area contributed by atoms with E-state index in [-0.39, 0.29) is 22.3 Å². The Bertz CT molecular complexity index is 581. The van der Waals surface area contributed by atoms with E-state index in [9.17, 15) is 18.5 Å². The van der Waals surface area contributed by atoms with Gasteiger partial charge in [0.2, 0.25) is 10.0 Å². The summed E-state index contributed by atoms with van der Waals surface area (Å²) in [6.07, 6.45) is 1.63. The fraction of sp³-hybridized carbons (Fsp3) is 0.400. The molecule has 18 heavy (non-hydrogen) atoms. The molecule has 0 radical (unpaired) electrons. The summed E-state index contributed by atoms with van der Waals surface area (Å²) in [5, 5.41) is 13.5. The predicted molar refractivity (Wildman–Crippen MR) is 66.0 cm³/mol. The molecule has 1 aromatic carbocycles. The zero-order chi connectivity index (χ0) is 13.3. The topological polar surface area (TPSA) is 101 Å². The minimum absolute atomic E-state index is 0.0296. The van der Waals surface area contributed by atoms with Gasteiger partial charge in [-0.1, -0.05) is 0 Å². The van der Waals surface area contributed by atoms with Gasteiger partial charge < -0.3 is 5.32 Å². The monoisotopic (exact) mass is 271 g/mol. The highest BCUT2D eigenvalue weighted by atomic mass is 32.2. The lowest BCUT2D eigenvalue weighted by Crippen LogP contribution is -2.25. The van der Waals surface area contributed by atoms with Gasteiger partial charge in [0.25, 0.3) is 5.69 Å². The highest BCUT2D eigenvalue weighted by Crippen LogP contribution is 2.28. The van der Waals surface area contributed by atoms with Crippen molar-refractivity contribution in [2.45, 2.75) is 23.8 Å². The normalized spacial score (nSPS) is 15.4. The lowest BCUT2D eigenvalue weighted by atomic mass is 10.3. The van der Waals surface area contributed by atoms with Gasteiger partial charge in [-0.3, -0.25) is 10.1 Å². The number of hydrogen-bond acceptors (Lipinski definition) is 5. The van der Waals surface area contributed by atoms with Crippen LogP contribution in [0.4, 0.5) is 11.4 Å². The number of nitrogens with zero attached hydrogens (tertiary/aromatic N) is 1. The van der Waals surface area contributed by atoms with E-state index in [2.05, 4.69) is 10.0 Å². The summed E-state index contributed by atoms with van der Waals surface area (Å²) < 4.78 is 26.3. The number of nitro benzene ring substituents is 1. The maximum Gasteiger partial charge on any atom is 0.293 e. The van der Waals surface area contributed by atoms with Crippen LogP contribution in [0.2, 0.25) is 0 Å². The van der Waals surface area contributed by atoms with Crippen molar-refractivity contribution in [3.05, 3.63) is 28.3 Å². The third-order valence-electron chi connectivity index (χ3n) is 2.64. The van der Waals surface area contributed by atoms with Crippen molar-refractivity contribution >= 4 is 21.4 Å². The van der Waals surface area contributed by atoms with Gasteiger partial charge in [-0.05, 0) is 25.0 Å². The number of hydrogen-bond donors (Lipinski definition) is 2. The smallest absolute Gasteiger partial charge is 0.293 e. The number of sulfonamides is 1. The van der Waals surface area contributed by atoms with E-state index >= 15 is 0 Å². The quantitative estimate of drug-likeness (QED) is 0.616. The van der Waals surface area contributed by atoms with Crippen LogP contribution < -0.4 is 10.0 Å². The summed E-state index contributed by atoms with van der Waals surface area (Å²) in [5.74, 6) is 0. The lowest BCUT2D eigenvalue weighted by Gasteiger charge is -2.07. The number of anilines is 1. The predicted octanol–water partition coefficient (Wildman–Crippen LogP) is 1.08. The van der Waals surface area contributed by atoms with Crippen LogP contribution in [0.3, 0.4) is 0 Å². The van der Waals surface area contributed by atoms with Gasteiger partial charge >= 0.3 is 0 Å². The third kappa shape index (κ3) is 2.59. The standard InChI is InChI=1S/C10H13N3O4S/c1-11-9-5-4-8(6-10(9)13(14)15)18(16,17)12-7-2-3-7/h4-7,11-12H,2-3H2,1H3. The second kappa shape index (κ2) is 4.54. The van der Waals surface area contributed by atoms with Crippen molar-refractivity contribution in [2.75, 3.05) is 12.4 Å². The van der Waals surface area contributed by atoms with Gasteiger partial charge in [-0.25, -0.2) is 13.1 Å².